The first kappa shape index (κ1) is 8.62. The van der Waals surface area contributed by atoms with E-state index in [4.69, 9.17) is 4.74 Å². The van der Waals surface area contributed by atoms with Crippen LogP contribution >= 0.6 is 0 Å². The summed E-state index contributed by atoms with van der Waals surface area (Å²) in [6, 6.07) is 0. The Balaban J connectivity index is 2.18. The summed E-state index contributed by atoms with van der Waals surface area (Å²) in [7, 11) is 0. The second-order valence-corrected chi connectivity index (χ2v) is 2.26. The number of allylic oxidation sites excluding steroid dienone is 1. The van der Waals surface area contributed by atoms with E-state index in [0.717, 1.165) is 0 Å². The molecule has 0 amide bonds. The molecule has 0 N–H and O–H groups in total. The molecule has 11 heavy (non-hydrogen) atoms. The summed E-state index contributed by atoms with van der Waals surface area (Å²) in [5.41, 5.74) is 0. The van der Waals surface area contributed by atoms with Crippen LogP contribution in [0.2, 0.25) is 0 Å². The maximum absolute atomic E-state index is 12.3. The summed E-state index contributed by atoms with van der Waals surface area (Å²) in [5.74, 6) is 0. The van der Waals surface area contributed by atoms with Crippen molar-refractivity contribution < 1.29 is 18.3 Å². The van der Waals surface area contributed by atoms with E-state index in [-0.39, 0.29) is 13.2 Å². The molecule has 0 aliphatic carbocycles. The van der Waals surface area contributed by atoms with Crippen molar-refractivity contribution in [1.82, 2.24) is 0 Å². The Kier molecular flexibility index (Phi) is 2.57. The zero-order chi connectivity index (χ0) is 8.32. The van der Waals surface area contributed by atoms with Gasteiger partial charge in [-0.05, 0) is 6.92 Å². The summed E-state index contributed by atoms with van der Waals surface area (Å²) < 4.78 is 33.3. The highest BCUT2D eigenvalue weighted by molar-refractivity contribution is 4.82. The molecule has 0 spiro atoms. The zero-order valence-electron chi connectivity index (χ0n) is 6.22. The fourth-order valence-corrected chi connectivity index (χ4v) is 0.690. The van der Waals surface area contributed by atoms with E-state index in [2.05, 4.69) is 4.74 Å². The van der Waals surface area contributed by atoms with Crippen molar-refractivity contribution in [3.05, 3.63) is 12.2 Å². The Morgan fingerprint density at radius 2 is 2.45 bits per heavy atom. The normalized spacial score (nSPS) is 28.8. The van der Waals surface area contributed by atoms with Gasteiger partial charge in [-0.25, -0.2) is 0 Å². The molecular formula is C7H10F2O2. The number of hydrogen-bond acceptors (Lipinski definition) is 2. The topological polar surface area (TPSA) is 18.5 Å². The monoisotopic (exact) mass is 164 g/mol. The third kappa shape index (κ3) is 1.97. The van der Waals surface area contributed by atoms with Crippen LogP contribution in [0.5, 0.6) is 0 Å². The van der Waals surface area contributed by atoms with Gasteiger partial charge in [0, 0.05) is 0 Å². The van der Waals surface area contributed by atoms with Gasteiger partial charge in [-0.3, -0.25) is 0 Å². The van der Waals surface area contributed by atoms with Crippen LogP contribution in [0.15, 0.2) is 12.2 Å². The van der Waals surface area contributed by atoms with Crippen LogP contribution in [-0.2, 0) is 9.47 Å². The van der Waals surface area contributed by atoms with E-state index in [1.165, 1.54) is 0 Å². The summed E-state index contributed by atoms with van der Waals surface area (Å²) >= 11 is 0. The van der Waals surface area contributed by atoms with Crippen LogP contribution in [-0.4, -0.2) is 25.4 Å². The molecule has 0 bridgehead atoms. The molecular weight excluding hydrogens is 154 g/mol. The van der Waals surface area contributed by atoms with Gasteiger partial charge in [0.2, 0.25) is 0 Å². The van der Waals surface area contributed by atoms with Crippen molar-refractivity contribution in [2.75, 3.05) is 13.2 Å². The van der Waals surface area contributed by atoms with Gasteiger partial charge < -0.3 is 9.47 Å². The van der Waals surface area contributed by atoms with Gasteiger partial charge in [-0.15, -0.1) is 0 Å². The van der Waals surface area contributed by atoms with Crippen molar-refractivity contribution in [2.24, 2.45) is 0 Å². The standard InChI is InChI=1S/C7H10F2O2/c1-2-3-4-10-6-5-11-7(6,8)9/h2-3,6H,4-5H2,1H3. The van der Waals surface area contributed by atoms with Gasteiger partial charge >= 0.3 is 6.11 Å². The zero-order valence-corrected chi connectivity index (χ0v) is 6.22. The van der Waals surface area contributed by atoms with Crippen LogP contribution < -0.4 is 0 Å². The van der Waals surface area contributed by atoms with E-state index in [1.807, 2.05) is 0 Å². The highest BCUT2D eigenvalue weighted by Crippen LogP contribution is 2.32. The lowest BCUT2D eigenvalue weighted by molar-refractivity contribution is -0.381. The van der Waals surface area contributed by atoms with Crippen LogP contribution in [0.1, 0.15) is 6.92 Å². The molecule has 4 heteroatoms. The molecule has 1 rings (SSSR count). The molecule has 1 unspecified atom stereocenters. The maximum Gasteiger partial charge on any atom is 0.384 e. The lowest BCUT2D eigenvalue weighted by Gasteiger charge is -2.34. The molecule has 0 aromatic rings. The molecule has 1 atom stereocenters. The quantitative estimate of drug-likeness (QED) is 0.589. The van der Waals surface area contributed by atoms with Crippen molar-refractivity contribution in [3.8, 4) is 0 Å². The number of rotatable bonds is 3. The van der Waals surface area contributed by atoms with Crippen LogP contribution in [0.3, 0.4) is 0 Å². The second kappa shape index (κ2) is 3.28. The van der Waals surface area contributed by atoms with Crippen LogP contribution in [0, 0.1) is 0 Å². The largest absolute Gasteiger partial charge is 0.384 e. The van der Waals surface area contributed by atoms with Crippen molar-refractivity contribution in [1.29, 1.82) is 0 Å². The van der Waals surface area contributed by atoms with E-state index in [0.29, 0.717) is 0 Å². The van der Waals surface area contributed by atoms with Gasteiger partial charge in [0.15, 0.2) is 6.10 Å². The fourth-order valence-electron chi connectivity index (χ4n) is 0.690. The predicted octanol–water partition coefficient (Wildman–Crippen LogP) is 1.57. The molecule has 2 nitrogen and oxygen atoms in total. The molecule has 1 aliphatic heterocycles. The molecule has 1 aliphatic rings. The summed E-state index contributed by atoms with van der Waals surface area (Å²) in [4.78, 5) is 0. The number of alkyl halides is 2. The number of hydrogen-bond donors (Lipinski definition) is 0. The smallest absolute Gasteiger partial charge is 0.363 e. The van der Waals surface area contributed by atoms with Crippen molar-refractivity contribution in [3.63, 3.8) is 0 Å². The van der Waals surface area contributed by atoms with Crippen molar-refractivity contribution in [2.45, 2.75) is 19.1 Å². The Hall–Kier alpha value is -0.480. The van der Waals surface area contributed by atoms with E-state index < -0.39 is 12.2 Å². The van der Waals surface area contributed by atoms with Gasteiger partial charge in [0.05, 0.1) is 13.2 Å². The van der Waals surface area contributed by atoms with E-state index >= 15 is 0 Å². The molecule has 1 saturated heterocycles. The summed E-state index contributed by atoms with van der Waals surface area (Å²) in [6.07, 6.45) is -0.702. The molecule has 64 valence electrons. The number of halogens is 2. The van der Waals surface area contributed by atoms with Gasteiger partial charge in [-0.1, -0.05) is 12.2 Å². The highest BCUT2D eigenvalue weighted by Gasteiger charge is 2.51. The van der Waals surface area contributed by atoms with E-state index in [9.17, 15) is 8.78 Å². The minimum absolute atomic E-state index is 0.00937. The maximum atomic E-state index is 12.3. The number of ether oxygens (including phenoxy) is 2. The molecule has 1 fully saturated rings. The minimum Gasteiger partial charge on any atom is -0.363 e. The average Bonchev–Trinajstić information content (AvgIpc) is 1.96. The lowest BCUT2D eigenvalue weighted by atomic mass is 10.3. The Bertz CT molecular complexity index is 157. The highest BCUT2D eigenvalue weighted by atomic mass is 19.3. The molecule has 0 aromatic carbocycles. The average molecular weight is 164 g/mol. The predicted molar refractivity (Wildman–Crippen MR) is 35.5 cm³/mol. The van der Waals surface area contributed by atoms with E-state index in [1.54, 1.807) is 19.1 Å². The molecule has 0 saturated carbocycles. The first-order chi connectivity index (χ1) is 5.17. The fraction of sp³-hybridized carbons (Fsp3) is 0.714. The lowest BCUT2D eigenvalue weighted by Crippen LogP contribution is -2.52. The molecule has 0 radical (unpaired) electrons. The SMILES string of the molecule is CC=CCOC1COC1(F)F. The Labute approximate surface area is 63.8 Å². The van der Waals surface area contributed by atoms with Gasteiger partial charge in [0.1, 0.15) is 0 Å². The Morgan fingerprint density at radius 1 is 1.73 bits per heavy atom. The van der Waals surface area contributed by atoms with Crippen LogP contribution in [0.4, 0.5) is 8.78 Å². The Morgan fingerprint density at radius 3 is 2.82 bits per heavy atom. The third-order valence-corrected chi connectivity index (χ3v) is 1.43. The van der Waals surface area contributed by atoms with Gasteiger partial charge in [-0.2, -0.15) is 8.78 Å². The third-order valence-electron chi connectivity index (χ3n) is 1.43. The van der Waals surface area contributed by atoms with Crippen LogP contribution in [0.25, 0.3) is 0 Å². The summed E-state index contributed by atoms with van der Waals surface area (Å²) in [6.45, 7) is 2.02. The van der Waals surface area contributed by atoms with Gasteiger partial charge in [0.25, 0.3) is 0 Å². The second-order valence-electron chi connectivity index (χ2n) is 2.26. The minimum atomic E-state index is -3.07. The first-order valence-electron chi connectivity index (χ1n) is 3.41. The molecule has 1 heterocycles. The van der Waals surface area contributed by atoms with Crippen molar-refractivity contribution >= 4 is 0 Å². The first-order valence-corrected chi connectivity index (χ1v) is 3.41. The molecule has 0 aromatic heterocycles. The summed E-state index contributed by atoms with van der Waals surface area (Å²) in [5, 5.41) is 0.